The van der Waals surface area contributed by atoms with Crippen LogP contribution in [0.5, 0.6) is 0 Å². The first-order valence-corrected chi connectivity index (χ1v) is 11.6. The van der Waals surface area contributed by atoms with Gasteiger partial charge in [-0.1, -0.05) is 12.1 Å². The molecule has 1 saturated heterocycles. The Morgan fingerprint density at radius 3 is 2.59 bits per heavy atom. The van der Waals surface area contributed by atoms with Crippen LogP contribution in [-0.2, 0) is 27.6 Å². The fourth-order valence-corrected chi connectivity index (χ4v) is 5.04. The molecule has 0 aromatic heterocycles. The van der Waals surface area contributed by atoms with E-state index >= 15 is 0 Å². The number of nitrogens with one attached hydrogen (secondary N) is 2. The number of ether oxygens (including phenoxy) is 1. The van der Waals surface area contributed by atoms with Gasteiger partial charge in [0.25, 0.3) is 5.91 Å². The van der Waals surface area contributed by atoms with Crippen LogP contribution in [0.1, 0.15) is 47.2 Å². The zero-order chi connectivity index (χ0) is 20.3. The van der Waals surface area contributed by atoms with Gasteiger partial charge in [-0.05, 0) is 80.0 Å². The van der Waals surface area contributed by atoms with Gasteiger partial charge in [0.2, 0.25) is 10.0 Å². The summed E-state index contributed by atoms with van der Waals surface area (Å²) in [6.45, 7) is 0.949. The standard InChI is InChI=1S/C22H26N2O4S/c25-22(24-21-9-3-6-16-5-1-2-8-20(16)21)17-10-12-19(13-11-17)29(26,27)23-15-18-7-4-14-28-18/h3,6,9-13,18,23H,1-2,4-5,7-8,14-15H2,(H,24,25)/t18-/m1/s1. The molecule has 0 spiro atoms. The molecule has 1 heterocycles. The second kappa shape index (κ2) is 8.65. The maximum atomic E-state index is 12.7. The van der Waals surface area contributed by atoms with Crippen LogP contribution < -0.4 is 10.0 Å². The van der Waals surface area contributed by atoms with Crippen LogP contribution in [0, 0.1) is 0 Å². The number of amides is 1. The highest BCUT2D eigenvalue weighted by molar-refractivity contribution is 7.89. The van der Waals surface area contributed by atoms with Gasteiger partial charge in [0.1, 0.15) is 0 Å². The zero-order valence-electron chi connectivity index (χ0n) is 16.3. The second-order valence-electron chi connectivity index (χ2n) is 7.62. The molecule has 4 rings (SSSR count). The minimum atomic E-state index is -3.62. The maximum absolute atomic E-state index is 12.7. The molecular formula is C22H26N2O4S. The van der Waals surface area contributed by atoms with Crippen LogP contribution in [0.15, 0.2) is 47.4 Å². The first kappa shape index (κ1) is 20.1. The molecule has 0 unspecified atom stereocenters. The van der Waals surface area contributed by atoms with Crippen LogP contribution in [0.4, 0.5) is 5.69 Å². The molecule has 2 aliphatic rings. The summed E-state index contributed by atoms with van der Waals surface area (Å²) >= 11 is 0. The Kier molecular flexibility index (Phi) is 5.99. The van der Waals surface area contributed by atoms with Crippen molar-refractivity contribution in [1.29, 1.82) is 0 Å². The fraction of sp³-hybridized carbons (Fsp3) is 0.409. The number of hydrogen-bond acceptors (Lipinski definition) is 4. The predicted octanol–water partition coefficient (Wildman–Crippen LogP) is 3.28. The quantitative estimate of drug-likeness (QED) is 0.760. The molecule has 0 bridgehead atoms. The van der Waals surface area contributed by atoms with Crippen molar-refractivity contribution in [3.63, 3.8) is 0 Å². The average molecular weight is 415 g/mol. The Balaban J connectivity index is 1.43. The predicted molar refractivity (Wildman–Crippen MR) is 112 cm³/mol. The number of fused-ring (bicyclic) bond motifs is 1. The van der Waals surface area contributed by atoms with Gasteiger partial charge < -0.3 is 10.1 Å². The van der Waals surface area contributed by atoms with E-state index in [2.05, 4.69) is 16.1 Å². The van der Waals surface area contributed by atoms with E-state index in [1.165, 1.54) is 29.7 Å². The molecule has 1 aliphatic heterocycles. The highest BCUT2D eigenvalue weighted by Crippen LogP contribution is 2.28. The van der Waals surface area contributed by atoms with Crippen LogP contribution in [0.3, 0.4) is 0 Å². The van der Waals surface area contributed by atoms with Crippen molar-refractivity contribution in [3.05, 3.63) is 59.2 Å². The molecule has 0 saturated carbocycles. The van der Waals surface area contributed by atoms with Crippen molar-refractivity contribution in [2.75, 3.05) is 18.5 Å². The van der Waals surface area contributed by atoms with Crippen LogP contribution in [-0.4, -0.2) is 33.6 Å². The third-order valence-electron chi connectivity index (χ3n) is 5.60. The Labute approximate surface area is 171 Å². The van der Waals surface area contributed by atoms with E-state index in [4.69, 9.17) is 4.74 Å². The van der Waals surface area contributed by atoms with Gasteiger partial charge in [0, 0.05) is 24.4 Å². The van der Waals surface area contributed by atoms with Gasteiger partial charge in [-0.3, -0.25) is 4.79 Å². The summed E-state index contributed by atoms with van der Waals surface area (Å²) in [6.07, 6.45) is 6.09. The monoisotopic (exact) mass is 414 g/mol. The van der Waals surface area contributed by atoms with E-state index in [1.54, 1.807) is 12.1 Å². The Morgan fingerprint density at radius 2 is 1.83 bits per heavy atom. The van der Waals surface area contributed by atoms with E-state index < -0.39 is 10.0 Å². The number of anilines is 1. The van der Waals surface area contributed by atoms with Crippen molar-refractivity contribution >= 4 is 21.6 Å². The highest BCUT2D eigenvalue weighted by atomic mass is 32.2. The zero-order valence-corrected chi connectivity index (χ0v) is 17.1. The Morgan fingerprint density at radius 1 is 1.03 bits per heavy atom. The normalized spacial score (nSPS) is 19.0. The molecule has 154 valence electrons. The van der Waals surface area contributed by atoms with Gasteiger partial charge in [-0.25, -0.2) is 13.1 Å². The lowest BCUT2D eigenvalue weighted by molar-refractivity contribution is 0.102. The molecule has 2 N–H and O–H groups in total. The van der Waals surface area contributed by atoms with E-state index in [0.29, 0.717) is 12.2 Å². The number of sulfonamides is 1. The highest BCUT2D eigenvalue weighted by Gasteiger charge is 2.21. The van der Waals surface area contributed by atoms with Crippen LogP contribution in [0.25, 0.3) is 0 Å². The molecule has 2 aromatic rings. The smallest absolute Gasteiger partial charge is 0.255 e. The molecule has 2 aromatic carbocycles. The molecule has 1 fully saturated rings. The van der Waals surface area contributed by atoms with E-state index in [1.807, 2.05) is 12.1 Å². The lowest BCUT2D eigenvalue weighted by atomic mass is 9.90. The van der Waals surface area contributed by atoms with Crippen molar-refractivity contribution in [3.8, 4) is 0 Å². The number of aryl methyl sites for hydroxylation is 1. The largest absolute Gasteiger partial charge is 0.377 e. The number of carbonyl (C=O) groups is 1. The van der Waals surface area contributed by atoms with E-state index in [0.717, 1.165) is 37.8 Å². The topological polar surface area (TPSA) is 84.5 Å². The van der Waals surface area contributed by atoms with Gasteiger partial charge in [-0.2, -0.15) is 0 Å². The molecule has 1 atom stereocenters. The molecule has 1 aliphatic carbocycles. The Bertz CT molecular complexity index is 980. The summed E-state index contributed by atoms with van der Waals surface area (Å²) in [5, 5.41) is 2.99. The van der Waals surface area contributed by atoms with Crippen molar-refractivity contribution in [2.45, 2.75) is 49.5 Å². The molecule has 0 radical (unpaired) electrons. The summed E-state index contributed by atoms with van der Waals surface area (Å²) in [4.78, 5) is 12.8. The van der Waals surface area contributed by atoms with E-state index in [-0.39, 0.29) is 23.5 Å². The lowest BCUT2D eigenvalue weighted by Gasteiger charge is -2.19. The van der Waals surface area contributed by atoms with E-state index in [9.17, 15) is 13.2 Å². The van der Waals surface area contributed by atoms with Gasteiger partial charge >= 0.3 is 0 Å². The minimum Gasteiger partial charge on any atom is -0.377 e. The molecule has 7 heteroatoms. The maximum Gasteiger partial charge on any atom is 0.255 e. The number of hydrogen-bond donors (Lipinski definition) is 2. The number of carbonyl (C=O) groups excluding carboxylic acids is 1. The molecule has 29 heavy (non-hydrogen) atoms. The summed E-state index contributed by atoms with van der Waals surface area (Å²) in [6, 6.07) is 12.0. The number of rotatable bonds is 6. The minimum absolute atomic E-state index is 0.0633. The van der Waals surface area contributed by atoms with Crippen molar-refractivity contribution in [1.82, 2.24) is 4.72 Å². The lowest BCUT2D eigenvalue weighted by Crippen LogP contribution is -2.31. The summed E-state index contributed by atoms with van der Waals surface area (Å²) in [5.74, 6) is -0.236. The summed E-state index contributed by atoms with van der Waals surface area (Å²) in [5.41, 5.74) is 3.79. The fourth-order valence-electron chi connectivity index (χ4n) is 3.97. The number of benzene rings is 2. The second-order valence-corrected chi connectivity index (χ2v) is 9.38. The summed E-state index contributed by atoms with van der Waals surface area (Å²) < 4.78 is 32.9. The van der Waals surface area contributed by atoms with Gasteiger partial charge in [-0.15, -0.1) is 0 Å². The molecular weight excluding hydrogens is 388 g/mol. The SMILES string of the molecule is O=C(Nc1cccc2c1CCCC2)c1ccc(S(=O)(=O)NC[C@H]2CCCO2)cc1. The third-order valence-corrected chi connectivity index (χ3v) is 7.04. The molecule has 6 nitrogen and oxygen atoms in total. The molecule has 1 amide bonds. The van der Waals surface area contributed by atoms with Gasteiger partial charge in [0.15, 0.2) is 0 Å². The van der Waals surface area contributed by atoms with Crippen LogP contribution in [0.2, 0.25) is 0 Å². The van der Waals surface area contributed by atoms with Gasteiger partial charge in [0.05, 0.1) is 11.0 Å². The average Bonchev–Trinajstić information content (AvgIpc) is 3.26. The van der Waals surface area contributed by atoms with Crippen LogP contribution >= 0.6 is 0 Å². The van der Waals surface area contributed by atoms with Crippen molar-refractivity contribution < 1.29 is 17.9 Å². The van der Waals surface area contributed by atoms with Crippen molar-refractivity contribution in [2.24, 2.45) is 0 Å². The third kappa shape index (κ3) is 4.69. The first-order valence-electron chi connectivity index (χ1n) is 10.2. The summed E-state index contributed by atoms with van der Waals surface area (Å²) in [7, 11) is -3.62. The Hall–Kier alpha value is -2.22. The first-order chi connectivity index (χ1) is 14.0.